The summed E-state index contributed by atoms with van der Waals surface area (Å²) in [4.78, 5) is 11.7. The zero-order valence-corrected chi connectivity index (χ0v) is 12.1. The number of halogens is 1. The molecule has 1 amide bonds. The number of rotatable bonds is 6. The summed E-state index contributed by atoms with van der Waals surface area (Å²) in [5.74, 6) is 0.0760. The Kier molecular flexibility index (Phi) is 5.56. The lowest BCUT2D eigenvalue weighted by Crippen LogP contribution is -2.44. The van der Waals surface area contributed by atoms with Crippen LogP contribution in [0.3, 0.4) is 0 Å². The standard InChI is InChI=1S/C16H22FNO3/c17-13-4-6-14(7-5-13)21-11-8-15(19)18-12-16(20)9-2-1-3-10-16/h4-7,20H,1-3,8-12H2,(H,18,19). The molecule has 0 unspecified atom stereocenters. The van der Waals surface area contributed by atoms with Gasteiger partial charge in [-0.15, -0.1) is 0 Å². The normalized spacial score (nSPS) is 17.2. The van der Waals surface area contributed by atoms with Gasteiger partial charge < -0.3 is 15.2 Å². The Morgan fingerprint density at radius 3 is 2.57 bits per heavy atom. The van der Waals surface area contributed by atoms with Crippen molar-refractivity contribution in [3.63, 3.8) is 0 Å². The molecule has 4 nitrogen and oxygen atoms in total. The van der Waals surface area contributed by atoms with E-state index in [1.807, 2.05) is 0 Å². The molecule has 0 spiro atoms. The zero-order chi connectivity index (χ0) is 15.1. The highest BCUT2D eigenvalue weighted by Crippen LogP contribution is 2.27. The molecule has 0 aliphatic heterocycles. The van der Waals surface area contributed by atoms with E-state index in [2.05, 4.69) is 5.32 Å². The number of amides is 1. The van der Waals surface area contributed by atoms with Crippen LogP contribution in [0.5, 0.6) is 5.75 Å². The van der Waals surface area contributed by atoms with Crippen molar-refractivity contribution in [1.29, 1.82) is 0 Å². The van der Waals surface area contributed by atoms with Gasteiger partial charge in [-0.1, -0.05) is 19.3 Å². The lowest BCUT2D eigenvalue weighted by molar-refractivity contribution is -0.123. The van der Waals surface area contributed by atoms with Crippen molar-refractivity contribution < 1.29 is 19.0 Å². The summed E-state index contributed by atoms with van der Waals surface area (Å²) in [6.45, 7) is 0.540. The molecular weight excluding hydrogens is 273 g/mol. The van der Waals surface area contributed by atoms with E-state index in [1.165, 1.54) is 24.3 Å². The first-order chi connectivity index (χ1) is 10.1. The molecule has 0 heterocycles. The van der Waals surface area contributed by atoms with Gasteiger partial charge in [0.1, 0.15) is 11.6 Å². The van der Waals surface area contributed by atoms with E-state index in [-0.39, 0.29) is 24.8 Å². The van der Waals surface area contributed by atoms with Gasteiger partial charge in [0, 0.05) is 6.54 Å². The van der Waals surface area contributed by atoms with Crippen molar-refractivity contribution in [2.75, 3.05) is 13.2 Å². The molecule has 1 aromatic carbocycles. The van der Waals surface area contributed by atoms with E-state index < -0.39 is 5.60 Å². The Hall–Kier alpha value is -1.62. The summed E-state index contributed by atoms with van der Waals surface area (Å²) in [6, 6.07) is 5.68. The van der Waals surface area contributed by atoms with Gasteiger partial charge in [-0.3, -0.25) is 4.79 Å². The van der Waals surface area contributed by atoms with Gasteiger partial charge in [0.2, 0.25) is 5.91 Å². The smallest absolute Gasteiger partial charge is 0.223 e. The Balaban J connectivity index is 1.64. The monoisotopic (exact) mass is 295 g/mol. The van der Waals surface area contributed by atoms with Crippen molar-refractivity contribution in [3.8, 4) is 5.75 Å². The largest absolute Gasteiger partial charge is 0.493 e. The number of ether oxygens (including phenoxy) is 1. The fourth-order valence-electron chi connectivity index (χ4n) is 2.53. The van der Waals surface area contributed by atoms with Gasteiger partial charge in [0.05, 0.1) is 18.6 Å². The Labute approximate surface area is 124 Å². The lowest BCUT2D eigenvalue weighted by atomic mass is 9.85. The third-order valence-corrected chi connectivity index (χ3v) is 3.81. The molecule has 21 heavy (non-hydrogen) atoms. The summed E-state index contributed by atoms with van der Waals surface area (Å²) in [5, 5.41) is 13.0. The maximum Gasteiger partial charge on any atom is 0.223 e. The second-order valence-electron chi connectivity index (χ2n) is 5.61. The van der Waals surface area contributed by atoms with E-state index >= 15 is 0 Å². The number of carbonyl (C=O) groups is 1. The third kappa shape index (κ3) is 5.34. The van der Waals surface area contributed by atoms with Crippen molar-refractivity contribution in [3.05, 3.63) is 30.1 Å². The molecule has 116 valence electrons. The topological polar surface area (TPSA) is 58.6 Å². The molecule has 2 N–H and O–H groups in total. The Morgan fingerprint density at radius 1 is 1.24 bits per heavy atom. The van der Waals surface area contributed by atoms with Crippen LogP contribution in [-0.4, -0.2) is 29.8 Å². The first kappa shape index (κ1) is 15.8. The van der Waals surface area contributed by atoms with Gasteiger partial charge >= 0.3 is 0 Å². The average Bonchev–Trinajstić information content (AvgIpc) is 2.48. The summed E-state index contributed by atoms with van der Waals surface area (Å²) in [7, 11) is 0. The zero-order valence-electron chi connectivity index (χ0n) is 12.1. The summed E-state index contributed by atoms with van der Waals surface area (Å²) >= 11 is 0. The van der Waals surface area contributed by atoms with Gasteiger partial charge in [-0.05, 0) is 37.1 Å². The molecule has 0 saturated heterocycles. The number of aliphatic hydroxyl groups is 1. The Bertz CT molecular complexity index is 455. The molecule has 1 saturated carbocycles. The van der Waals surface area contributed by atoms with Gasteiger partial charge in [-0.2, -0.15) is 0 Å². The minimum absolute atomic E-state index is 0.142. The molecule has 0 atom stereocenters. The van der Waals surface area contributed by atoms with Crippen LogP contribution in [0.2, 0.25) is 0 Å². The van der Waals surface area contributed by atoms with Crippen LogP contribution in [0.4, 0.5) is 4.39 Å². The van der Waals surface area contributed by atoms with Crippen LogP contribution in [0.25, 0.3) is 0 Å². The number of nitrogens with one attached hydrogen (secondary N) is 1. The maximum atomic E-state index is 12.7. The summed E-state index contributed by atoms with van der Waals surface area (Å²) in [5.41, 5.74) is -0.744. The maximum absolute atomic E-state index is 12.7. The van der Waals surface area contributed by atoms with Crippen LogP contribution < -0.4 is 10.1 Å². The van der Waals surface area contributed by atoms with E-state index in [9.17, 15) is 14.3 Å². The van der Waals surface area contributed by atoms with Crippen molar-refractivity contribution in [2.24, 2.45) is 0 Å². The molecule has 1 aromatic rings. The SMILES string of the molecule is O=C(CCOc1ccc(F)cc1)NCC1(O)CCCCC1. The van der Waals surface area contributed by atoms with Gasteiger partial charge in [0.25, 0.3) is 0 Å². The predicted molar refractivity (Wildman–Crippen MR) is 77.6 cm³/mol. The van der Waals surface area contributed by atoms with E-state index in [4.69, 9.17) is 4.74 Å². The molecular formula is C16H22FNO3. The number of hydrogen-bond acceptors (Lipinski definition) is 3. The third-order valence-electron chi connectivity index (χ3n) is 3.81. The summed E-state index contributed by atoms with van der Waals surface area (Å²) < 4.78 is 18.1. The minimum Gasteiger partial charge on any atom is -0.493 e. The Morgan fingerprint density at radius 2 is 1.90 bits per heavy atom. The fraction of sp³-hybridized carbons (Fsp3) is 0.562. The first-order valence-corrected chi connectivity index (χ1v) is 7.45. The van der Waals surface area contributed by atoms with E-state index in [1.54, 1.807) is 0 Å². The molecule has 5 heteroatoms. The molecule has 0 aromatic heterocycles. The van der Waals surface area contributed by atoms with Crippen LogP contribution in [0, 0.1) is 5.82 Å². The fourth-order valence-corrected chi connectivity index (χ4v) is 2.53. The van der Waals surface area contributed by atoms with Crippen molar-refractivity contribution in [2.45, 2.75) is 44.1 Å². The van der Waals surface area contributed by atoms with Crippen LogP contribution in [-0.2, 0) is 4.79 Å². The molecule has 1 fully saturated rings. The highest BCUT2D eigenvalue weighted by molar-refractivity contribution is 5.76. The number of carbonyl (C=O) groups excluding carboxylic acids is 1. The van der Waals surface area contributed by atoms with Gasteiger partial charge in [0.15, 0.2) is 0 Å². The molecule has 2 rings (SSSR count). The quantitative estimate of drug-likeness (QED) is 0.847. The molecule has 0 radical (unpaired) electrons. The number of benzene rings is 1. The predicted octanol–water partition coefficient (Wildman–Crippen LogP) is 2.41. The average molecular weight is 295 g/mol. The van der Waals surface area contributed by atoms with Crippen molar-refractivity contribution in [1.82, 2.24) is 5.32 Å². The van der Waals surface area contributed by atoms with Gasteiger partial charge in [-0.25, -0.2) is 4.39 Å². The van der Waals surface area contributed by atoms with Crippen LogP contribution in [0.1, 0.15) is 38.5 Å². The lowest BCUT2D eigenvalue weighted by Gasteiger charge is -2.32. The summed E-state index contributed by atoms with van der Waals surface area (Å²) in [6.07, 6.45) is 4.90. The second-order valence-corrected chi connectivity index (χ2v) is 5.61. The van der Waals surface area contributed by atoms with E-state index in [0.717, 1.165) is 32.1 Å². The highest BCUT2D eigenvalue weighted by Gasteiger charge is 2.29. The second kappa shape index (κ2) is 7.41. The molecule has 1 aliphatic rings. The van der Waals surface area contributed by atoms with Crippen LogP contribution in [0.15, 0.2) is 24.3 Å². The minimum atomic E-state index is -0.744. The highest BCUT2D eigenvalue weighted by atomic mass is 19.1. The first-order valence-electron chi connectivity index (χ1n) is 7.45. The molecule has 0 bridgehead atoms. The molecule has 1 aliphatic carbocycles. The van der Waals surface area contributed by atoms with Crippen molar-refractivity contribution >= 4 is 5.91 Å². The number of hydrogen-bond donors (Lipinski definition) is 2. The van der Waals surface area contributed by atoms with Crippen LogP contribution >= 0.6 is 0 Å². The van der Waals surface area contributed by atoms with E-state index in [0.29, 0.717) is 12.3 Å².